The second-order valence-electron chi connectivity index (χ2n) is 2.78. The Morgan fingerprint density at radius 1 is 1.54 bits per heavy atom. The molecule has 0 aliphatic carbocycles. The lowest BCUT2D eigenvalue weighted by molar-refractivity contribution is 0.179. The summed E-state index contributed by atoms with van der Waals surface area (Å²) in [5.41, 5.74) is 2.00. The first-order valence-electron chi connectivity index (χ1n) is 3.92. The number of aromatic amines is 1. The first-order valence-corrected chi connectivity index (χ1v) is 4.72. The van der Waals surface area contributed by atoms with Crippen molar-refractivity contribution in [1.29, 1.82) is 0 Å². The lowest BCUT2D eigenvalue weighted by Gasteiger charge is -1.89. The Hall–Kier alpha value is -0.870. The van der Waals surface area contributed by atoms with Gasteiger partial charge in [-0.05, 0) is 18.2 Å². The van der Waals surface area contributed by atoms with Crippen molar-refractivity contribution in [3.8, 4) is 0 Å². The summed E-state index contributed by atoms with van der Waals surface area (Å²) in [6.45, 7) is 0.520. The average molecular weight is 241 g/mol. The summed E-state index contributed by atoms with van der Waals surface area (Å²) in [6.07, 6.45) is 0. The molecule has 13 heavy (non-hydrogen) atoms. The van der Waals surface area contributed by atoms with Gasteiger partial charge in [-0.3, -0.25) is 0 Å². The normalized spacial score (nSPS) is 10.9. The van der Waals surface area contributed by atoms with E-state index in [4.69, 9.17) is 4.74 Å². The molecule has 0 saturated carbocycles. The predicted molar refractivity (Wildman–Crippen MR) is 54.5 cm³/mol. The lowest BCUT2D eigenvalue weighted by Crippen LogP contribution is -1.88. The summed E-state index contributed by atoms with van der Waals surface area (Å²) in [4.78, 5) is 7.51. The molecular formula is C9H9BrN2O. The van der Waals surface area contributed by atoms with Crippen LogP contribution in [0.2, 0.25) is 0 Å². The van der Waals surface area contributed by atoms with Crippen LogP contribution >= 0.6 is 15.9 Å². The molecule has 2 rings (SSSR count). The molecule has 4 heteroatoms. The molecule has 1 aromatic carbocycles. The number of benzene rings is 1. The van der Waals surface area contributed by atoms with Crippen LogP contribution in [0.4, 0.5) is 0 Å². The third kappa shape index (κ3) is 1.73. The third-order valence-corrected chi connectivity index (χ3v) is 2.27. The quantitative estimate of drug-likeness (QED) is 0.876. The van der Waals surface area contributed by atoms with Gasteiger partial charge in [0.1, 0.15) is 12.4 Å². The van der Waals surface area contributed by atoms with Crippen LogP contribution in [0.15, 0.2) is 22.7 Å². The van der Waals surface area contributed by atoms with E-state index in [0.717, 1.165) is 21.3 Å². The van der Waals surface area contributed by atoms with Crippen molar-refractivity contribution in [2.24, 2.45) is 0 Å². The second kappa shape index (κ2) is 3.47. The number of H-pyrrole nitrogens is 1. The number of hydrogen-bond acceptors (Lipinski definition) is 2. The Bertz CT molecular complexity index is 424. The maximum absolute atomic E-state index is 4.98. The van der Waals surface area contributed by atoms with Gasteiger partial charge in [0.05, 0.1) is 11.0 Å². The van der Waals surface area contributed by atoms with Crippen LogP contribution in [0, 0.1) is 0 Å². The highest BCUT2D eigenvalue weighted by Crippen LogP contribution is 2.17. The molecule has 0 amide bonds. The molecule has 2 aromatic rings. The van der Waals surface area contributed by atoms with Crippen molar-refractivity contribution < 1.29 is 4.74 Å². The highest BCUT2D eigenvalue weighted by atomic mass is 79.9. The topological polar surface area (TPSA) is 37.9 Å². The van der Waals surface area contributed by atoms with Crippen LogP contribution in [0.3, 0.4) is 0 Å². The molecular weight excluding hydrogens is 232 g/mol. The van der Waals surface area contributed by atoms with E-state index >= 15 is 0 Å². The van der Waals surface area contributed by atoms with E-state index in [0.29, 0.717) is 6.61 Å². The molecule has 0 unspecified atom stereocenters. The fourth-order valence-electron chi connectivity index (χ4n) is 1.24. The van der Waals surface area contributed by atoms with E-state index in [2.05, 4.69) is 25.9 Å². The molecule has 3 nitrogen and oxygen atoms in total. The van der Waals surface area contributed by atoms with E-state index in [9.17, 15) is 0 Å². The standard InChI is InChI=1S/C9H9BrN2O/c1-13-5-9-11-7-3-2-6(10)4-8(7)12-9/h2-4H,5H2,1H3,(H,11,12). The highest BCUT2D eigenvalue weighted by molar-refractivity contribution is 9.10. The number of nitrogens with zero attached hydrogens (tertiary/aromatic N) is 1. The summed E-state index contributed by atoms with van der Waals surface area (Å²) in [7, 11) is 1.66. The van der Waals surface area contributed by atoms with Crippen molar-refractivity contribution in [2.75, 3.05) is 7.11 Å². The fraction of sp³-hybridized carbons (Fsp3) is 0.222. The average Bonchev–Trinajstić information content (AvgIpc) is 2.46. The van der Waals surface area contributed by atoms with Crippen LogP contribution in [0.1, 0.15) is 5.82 Å². The van der Waals surface area contributed by atoms with E-state index in [1.54, 1.807) is 7.11 Å². The van der Waals surface area contributed by atoms with Gasteiger partial charge in [-0.1, -0.05) is 15.9 Å². The third-order valence-electron chi connectivity index (χ3n) is 1.77. The number of nitrogens with one attached hydrogen (secondary N) is 1. The molecule has 68 valence electrons. The Labute approximate surface area is 84.3 Å². The zero-order valence-electron chi connectivity index (χ0n) is 7.17. The molecule has 0 saturated heterocycles. The summed E-state index contributed by atoms with van der Waals surface area (Å²) in [5, 5.41) is 0. The van der Waals surface area contributed by atoms with Crippen LogP contribution < -0.4 is 0 Å². The minimum absolute atomic E-state index is 0.520. The van der Waals surface area contributed by atoms with Crippen LogP contribution in [-0.4, -0.2) is 17.1 Å². The van der Waals surface area contributed by atoms with E-state index in [-0.39, 0.29) is 0 Å². The smallest absolute Gasteiger partial charge is 0.133 e. The molecule has 0 aliphatic rings. The van der Waals surface area contributed by atoms with Gasteiger partial charge in [0.15, 0.2) is 0 Å². The molecule has 1 heterocycles. The highest BCUT2D eigenvalue weighted by Gasteiger charge is 2.01. The van der Waals surface area contributed by atoms with Crippen molar-refractivity contribution in [3.63, 3.8) is 0 Å². The van der Waals surface area contributed by atoms with Gasteiger partial charge in [-0.2, -0.15) is 0 Å². The summed E-state index contributed by atoms with van der Waals surface area (Å²) < 4.78 is 6.03. The number of hydrogen-bond donors (Lipinski definition) is 1. The Morgan fingerprint density at radius 3 is 3.15 bits per heavy atom. The Morgan fingerprint density at radius 2 is 2.38 bits per heavy atom. The number of rotatable bonds is 2. The van der Waals surface area contributed by atoms with E-state index in [1.807, 2.05) is 18.2 Å². The van der Waals surface area contributed by atoms with E-state index in [1.165, 1.54) is 0 Å². The number of aromatic nitrogens is 2. The Kier molecular flexibility index (Phi) is 2.33. The van der Waals surface area contributed by atoms with Gasteiger partial charge in [0, 0.05) is 11.6 Å². The molecule has 0 bridgehead atoms. The molecule has 0 spiro atoms. The molecule has 0 radical (unpaired) electrons. The minimum atomic E-state index is 0.520. The minimum Gasteiger partial charge on any atom is -0.377 e. The molecule has 1 aromatic heterocycles. The summed E-state index contributed by atoms with van der Waals surface area (Å²) in [5.74, 6) is 0.857. The van der Waals surface area contributed by atoms with E-state index < -0.39 is 0 Å². The van der Waals surface area contributed by atoms with Gasteiger partial charge in [-0.25, -0.2) is 4.98 Å². The Balaban J connectivity index is 2.49. The number of imidazole rings is 1. The number of ether oxygens (including phenoxy) is 1. The van der Waals surface area contributed by atoms with Gasteiger partial charge in [0.2, 0.25) is 0 Å². The number of halogens is 1. The zero-order chi connectivity index (χ0) is 9.26. The first kappa shape index (κ1) is 8.72. The fourth-order valence-corrected chi connectivity index (χ4v) is 1.60. The summed E-state index contributed by atoms with van der Waals surface area (Å²) in [6, 6.07) is 5.94. The lowest BCUT2D eigenvalue weighted by atomic mass is 10.3. The van der Waals surface area contributed by atoms with Gasteiger partial charge in [0.25, 0.3) is 0 Å². The largest absolute Gasteiger partial charge is 0.377 e. The maximum Gasteiger partial charge on any atom is 0.133 e. The van der Waals surface area contributed by atoms with Crippen LogP contribution in [0.5, 0.6) is 0 Å². The van der Waals surface area contributed by atoms with Gasteiger partial charge < -0.3 is 9.72 Å². The maximum atomic E-state index is 4.98. The van der Waals surface area contributed by atoms with Crippen molar-refractivity contribution in [3.05, 3.63) is 28.5 Å². The van der Waals surface area contributed by atoms with Crippen LogP contribution in [0.25, 0.3) is 11.0 Å². The van der Waals surface area contributed by atoms with Crippen molar-refractivity contribution in [2.45, 2.75) is 6.61 Å². The van der Waals surface area contributed by atoms with Crippen LogP contribution in [-0.2, 0) is 11.3 Å². The SMILES string of the molecule is COCc1nc2ccc(Br)cc2[nH]1. The van der Waals surface area contributed by atoms with Crippen molar-refractivity contribution >= 4 is 27.0 Å². The first-order chi connectivity index (χ1) is 6.29. The van der Waals surface area contributed by atoms with Gasteiger partial charge >= 0.3 is 0 Å². The number of methoxy groups -OCH3 is 1. The zero-order valence-corrected chi connectivity index (χ0v) is 8.76. The molecule has 0 atom stereocenters. The monoisotopic (exact) mass is 240 g/mol. The summed E-state index contributed by atoms with van der Waals surface area (Å²) >= 11 is 3.40. The van der Waals surface area contributed by atoms with Crippen molar-refractivity contribution in [1.82, 2.24) is 9.97 Å². The number of fused-ring (bicyclic) bond motifs is 1. The van der Waals surface area contributed by atoms with Gasteiger partial charge in [-0.15, -0.1) is 0 Å². The molecule has 1 N–H and O–H groups in total. The second-order valence-corrected chi connectivity index (χ2v) is 3.69. The molecule has 0 fully saturated rings. The predicted octanol–water partition coefficient (Wildman–Crippen LogP) is 2.47. The molecule has 0 aliphatic heterocycles.